The van der Waals surface area contributed by atoms with Gasteiger partial charge in [-0.3, -0.25) is 4.79 Å². The van der Waals surface area contributed by atoms with E-state index in [4.69, 9.17) is 9.47 Å². The van der Waals surface area contributed by atoms with Crippen LogP contribution in [0.5, 0.6) is 11.5 Å². The fourth-order valence-corrected chi connectivity index (χ4v) is 3.43. The second kappa shape index (κ2) is 6.26. The van der Waals surface area contributed by atoms with Gasteiger partial charge in [0.2, 0.25) is 6.79 Å². The van der Waals surface area contributed by atoms with Crippen LogP contribution in [0.2, 0.25) is 0 Å². The Morgan fingerprint density at radius 1 is 1.25 bits per heavy atom. The smallest absolute Gasteiger partial charge is 0.252 e. The Kier molecular flexibility index (Phi) is 3.95. The van der Waals surface area contributed by atoms with Gasteiger partial charge in [-0.2, -0.15) is 0 Å². The number of rotatable bonds is 5. The van der Waals surface area contributed by atoms with Gasteiger partial charge in [0.25, 0.3) is 5.56 Å². The molecule has 0 spiro atoms. The van der Waals surface area contributed by atoms with Crippen molar-refractivity contribution < 1.29 is 9.47 Å². The maximum Gasteiger partial charge on any atom is 0.252 e. The van der Waals surface area contributed by atoms with E-state index in [-0.39, 0.29) is 12.4 Å². The van der Waals surface area contributed by atoms with Crippen LogP contribution in [-0.2, 0) is 19.5 Å². The van der Waals surface area contributed by atoms with E-state index in [2.05, 4.69) is 27.6 Å². The normalized spacial score (nSPS) is 12.9. The molecule has 2 N–H and O–H groups in total. The Bertz CT molecular complexity index is 948. The van der Waals surface area contributed by atoms with E-state index in [1.54, 1.807) is 17.4 Å². The Hall–Kier alpha value is -2.38. The van der Waals surface area contributed by atoms with Gasteiger partial charge in [0, 0.05) is 35.5 Å². The number of pyridine rings is 1. The number of benzene rings is 1. The van der Waals surface area contributed by atoms with Gasteiger partial charge in [-0.05, 0) is 18.6 Å². The fraction of sp³-hybridized carbons (Fsp3) is 0.294. The number of ether oxygens (including phenoxy) is 2. The molecule has 0 unspecified atom stereocenters. The van der Waals surface area contributed by atoms with Crippen molar-refractivity contribution in [2.24, 2.45) is 0 Å². The summed E-state index contributed by atoms with van der Waals surface area (Å²) in [6.45, 7) is 3.45. The van der Waals surface area contributed by atoms with Crippen LogP contribution >= 0.6 is 11.3 Å². The zero-order chi connectivity index (χ0) is 16.5. The molecule has 0 aliphatic carbocycles. The van der Waals surface area contributed by atoms with E-state index in [1.807, 2.05) is 12.1 Å². The number of aromatic nitrogens is 2. The molecule has 0 bridgehead atoms. The molecule has 4 rings (SSSR count). The third-order valence-electron chi connectivity index (χ3n) is 3.94. The Labute approximate surface area is 142 Å². The molecule has 24 heavy (non-hydrogen) atoms. The fourth-order valence-electron chi connectivity index (χ4n) is 2.69. The number of hydrogen-bond donors (Lipinski definition) is 2. The molecule has 0 saturated carbocycles. The molecular formula is C17H17N3O3S. The van der Waals surface area contributed by atoms with Crippen LogP contribution in [0.25, 0.3) is 10.9 Å². The van der Waals surface area contributed by atoms with Crippen molar-refractivity contribution >= 4 is 22.2 Å². The van der Waals surface area contributed by atoms with Crippen LogP contribution in [0.4, 0.5) is 0 Å². The SMILES string of the molecule is CCc1nc(CNCc2cc3cc4c(cc3[nH]c2=O)OCO4)cs1. The van der Waals surface area contributed by atoms with Crippen LogP contribution in [0.15, 0.2) is 28.4 Å². The highest BCUT2D eigenvalue weighted by Crippen LogP contribution is 2.35. The summed E-state index contributed by atoms with van der Waals surface area (Å²) in [7, 11) is 0. The van der Waals surface area contributed by atoms with E-state index < -0.39 is 0 Å². The van der Waals surface area contributed by atoms with Gasteiger partial charge in [-0.1, -0.05) is 6.92 Å². The minimum Gasteiger partial charge on any atom is -0.454 e. The Morgan fingerprint density at radius 3 is 2.88 bits per heavy atom. The number of thiazole rings is 1. The van der Waals surface area contributed by atoms with E-state index >= 15 is 0 Å². The molecule has 0 atom stereocenters. The lowest BCUT2D eigenvalue weighted by molar-refractivity contribution is 0.174. The average molecular weight is 343 g/mol. The molecule has 2 aromatic heterocycles. The minimum atomic E-state index is -0.0959. The van der Waals surface area contributed by atoms with Gasteiger partial charge in [0.05, 0.1) is 16.2 Å². The lowest BCUT2D eigenvalue weighted by Gasteiger charge is -2.06. The third-order valence-corrected chi connectivity index (χ3v) is 4.98. The van der Waals surface area contributed by atoms with Crippen molar-refractivity contribution in [1.29, 1.82) is 0 Å². The molecule has 0 radical (unpaired) electrons. The highest BCUT2D eigenvalue weighted by atomic mass is 32.1. The number of hydrogen-bond acceptors (Lipinski definition) is 6. The summed E-state index contributed by atoms with van der Waals surface area (Å²) in [4.78, 5) is 19.7. The number of aromatic amines is 1. The number of aryl methyl sites for hydroxylation is 1. The van der Waals surface area contributed by atoms with Gasteiger partial charge < -0.3 is 19.8 Å². The predicted octanol–water partition coefficient (Wildman–Crippen LogP) is 2.57. The number of nitrogens with zero attached hydrogens (tertiary/aromatic N) is 1. The second-order valence-electron chi connectivity index (χ2n) is 5.61. The molecular weight excluding hydrogens is 326 g/mol. The van der Waals surface area contributed by atoms with Crippen molar-refractivity contribution in [2.75, 3.05) is 6.79 Å². The maximum absolute atomic E-state index is 12.2. The van der Waals surface area contributed by atoms with Gasteiger partial charge in [-0.15, -0.1) is 11.3 Å². The first-order valence-corrected chi connectivity index (χ1v) is 8.70. The summed E-state index contributed by atoms with van der Waals surface area (Å²) in [6.07, 6.45) is 0.950. The van der Waals surface area contributed by atoms with Crippen molar-refractivity contribution in [2.45, 2.75) is 26.4 Å². The number of fused-ring (bicyclic) bond motifs is 2. The Balaban J connectivity index is 1.52. The second-order valence-corrected chi connectivity index (χ2v) is 6.55. The zero-order valence-electron chi connectivity index (χ0n) is 13.2. The molecule has 124 valence electrons. The lowest BCUT2D eigenvalue weighted by Crippen LogP contribution is -2.20. The van der Waals surface area contributed by atoms with E-state index in [9.17, 15) is 4.79 Å². The molecule has 7 heteroatoms. The average Bonchev–Trinajstić information content (AvgIpc) is 3.22. The van der Waals surface area contributed by atoms with Crippen molar-refractivity contribution in [3.63, 3.8) is 0 Å². The predicted molar refractivity (Wildman–Crippen MR) is 92.7 cm³/mol. The standard InChI is InChI=1S/C17H17N3O3S/c1-2-16-19-12(8-24-16)7-18-6-11-3-10-4-14-15(23-9-22-14)5-13(10)20-17(11)21/h3-5,8,18H,2,6-7,9H2,1H3,(H,20,21). The van der Waals surface area contributed by atoms with Crippen LogP contribution in [0, 0.1) is 0 Å². The monoisotopic (exact) mass is 343 g/mol. The molecule has 6 nitrogen and oxygen atoms in total. The van der Waals surface area contributed by atoms with Crippen molar-refractivity contribution in [3.05, 3.63) is 50.2 Å². The highest BCUT2D eigenvalue weighted by molar-refractivity contribution is 7.09. The molecule has 1 aromatic carbocycles. The zero-order valence-corrected chi connectivity index (χ0v) is 14.0. The molecule has 0 fully saturated rings. The molecule has 0 saturated heterocycles. The first-order valence-electron chi connectivity index (χ1n) is 7.82. The summed E-state index contributed by atoms with van der Waals surface area (Å²) in [5.41, 5.74) is 2.35. The van der Waals surface area contributed by atoms with Gasteiger partial charge >= 0.3 is 0 Å². The highest BCUT2D eigenvalue weighted by Gasteiger charge is 2.15. The van der Waals surface area contributed by atoms with Crippen LogP contribution in [-0.4, -0.2) is 16.8 Å². The first-order chi connectivity index (χ1) is 11.7. The quantitative estimate of drug-likeness (QED) is 0.745. The summed E-state index contributed by atoms with van der Waals surface area (Å²) >= 11 is 1.67. The van der Waals surface area contributed by atoms with Crippen LogP contribution in [0.1, 0.15) is 23.2 Å². The maximum atomic E-state index is 12.2. The topological polar surface area (TPSA) is 76.2 Å². The van der Waals surface area contributed by atoms with E-state index in [0.29, 0.717) is 30.2 Å². The summed E-state index contributed by atoms with van der Waals surface area (Å²) in [6, 6.07) is 5.59. The first kappa shape index (κ1) is 15.2. The summed E-state index contributed by atoms with van der Waals surface area (Å²) in [5.74, 6) is 1.38. The molecule has 1 aliphatic rings. The summed E-state index contributed by atoms with van der Waals surface area (Å²) < 4.78 is 10.7. The number of H-pyrrole nitrogens is 1. The Morgan fingerprint density at radius 2 is 2.08 bits per heavy atom. The summed E-state index contributed by atoms with van der Waals surface area (Å²) in [5, 5.41) is 7.39. The lowest BCUT2D eigenvalue weighted by atomic mass is 10.1. The molecule has 0 amide bonds. The van der Waals surface area contributed by atoms with Crippen LogP contribution < -0.4 is 20.3 Å². The molecule has 1 aliphatic heterocycles. The van der Waals surface area contributed by atoms with Crippen molar-refractivity contribution in [3.8, 4) is 11.5 Å². The van der Waals surface area contributed by atoms with Crippen LogP contribution in [0.3, 0.4) is 0 Å². The van der Waals surface area contributed by atoms with E-state index in [1.165, 1.54) is 0 Å². The molecule has 3 heterocycles. The van der Waals surface area contributed by atoms with Gasteiger partial charge in [-0.25, -0.2) is 4.98 Å². The van der Waals surface area contributed by atoms with Gasteiger partial charge in [0.1, 0.15) is 0 Å². The minimum absolute atomic E-state index is 0.0959. The third kappa shape index (κ3) is 2.88. The van der Waals surface area contributed by atoms with Crippen molar-refractivity contribution in [1.82, 2.24) is 15.3 Å². The van der Waals surface area contributed by atoms with Gasteiger partial charge in [0.15, 0.2) is 11.5 Å². The largest absolute Gasteiger partial charge is 0.454 e. The van der Waals surface area contributed by atoms with E-state index in [0.717, 1.165) is 28.0 Å². The molecule has 3 aromatic rings. The number of nitrogens with one attached hydrogen (secondary N) is 2.